The van der Waals surface area contributed by atoms with E-state index in [2.05, 4.69) is 28.2 Å². The first-order valence-corrected chi connectivity index (χ1v) is 6.43. The van der Waals surface area contributed by atoms with Crippen molar-refractivity contribution in [3.63, 3.8) is 0 Å². The van der Waals surface area contributed by atoms with Crippen LogP contribution in [-0.2, 0) is 6.54 Å². The molecule has 1 aromatic rings. The molecule has 0 saturated carbocycles. The average molecular weight is 221 g/mol. The van der Waals surface area contributed by atoms with Crippen molar-refractivity contribution >= 4 is 0 Å². The zero-order valence-corrected chi connectivity index (χ0v) is 10.2. The van der Waals surface area contributed by atoms with E-state index in [-0.39, 0.29) is 0 Å². The summed E-state index contributed by atoms with van der Waals surface area (Å²) in [5.41, 5.74) is 1.27. The van der Waals surface area contributed by atoms with Crippen LogP contribution in [0.1, 0.15) is 31.9 Å². The third-order valence-electron chi connectivity index (χ3n) is 3.43. The van der Waals surface area contributed by atoms with Crippen LogP contribution in [0.5, 0.6) is 0 Å². The van der Waals surface area contributed by atoms with Gasteiger partial charge in [0.15, 0.2) is 0 Å². The molecular weight excluding hydrogens is 198 g/mol. The van der Waals surface area contributed by atoms with Gasteiger partial charge in [-0.25, -0.2) is 0 Å². The Bertz CT molecular complexity index is 275. The lowest BCUT2D eigenvalue weighted by molar-refractivity contribution is 0.170. The predicted molar refractivity (Wildman–Crippen MR) is 67.4 cm³/mol. The maximum absolute atomic E-state index is 3.51. The number of H-pyrrole nitrogens is 1. The number of aromatic nitrogens is 1. The second kappa shape index (κ2) is 6.06. The summed E-state index contributed by atoms with van der Waals surface area (Å²) in [5.74, 6) is 0. The molecular formula is C13H23N3. The summed E-state index contributed by atoms with van der Waals surface area (Å²) in [6.45, 7) is 6.92. The fourth-order valence-corrected chi connectivity index (χ4v) is 2.38. The van der Waals surface area contributed by atoms with Crippen LogP contribution < -0.4 is 5.32 Å². The van der Waals surface area contributed by atoms with Crippen LogP contribution in [0.2, 0.25) is 0 Å². The van der Waals surface area contributed by atoms with Gasteiger partial charge in [-0.15, -0.1) is 0 Å². The van der Waals surface area contributed by atoms with E-state index in [0.717, 1.165) is 13.1 Å². The average Bonchev–Trinajstić information content (AvgIpc) is 2.83. The first-order chi connectivity index (χ1) is 7.86. The van der Waals surface area contributed by atoms with E-state index >= 15 is 0 Å². The number of rotatable bonds is 5. The van der Waals surface area contributed by atoms with Crippen molar-refractivity contribution in [3.8, 4) is 0 Å². The maximum atomic E-state index is 3.51. The summed E-state index contributed by atoms with van der Waals surface area (Å²) < 4.78 is 0. The van der Waals surface area contributed by atoms with Gasteiger partial charge in [0.1, 0.15) is 0 Å². The topological polar surface area (TPSA) is 31.1 Å². The fraction of sp³-hybridized carbons (Fsp3) is 0.692. The first-order valence-electron chi connectivity index (χ1n) is 6.43. The van der Waals surface area contributed by atoms with E-state index in [9.17, 15) is 0 Å². The van der Waals surface area contributed by atoms with E-state index in [1.807, 2.05) is 12.3 Å². The predicted octanol–water partition coefficient (Wildman–Crippen LogP) is 1.98. The smallest absolute Gasteiger partial charge is 0.0357 e. The third kappa shape index (κ3) is 3.35. The van der Waals surface area contributed by atoms with E-state index in [0.29, 0.717) is 6.04 Å². The zero-order valence-electron chi connectivity index (χ0n) is 10.2. The van der Waals surface area contributed by atoms with E-state index in [1.165, 1.54) is 38.0 Å². The fourth-order valence-electron chi connectivity index (χ4n) is 2.38. The zero-order chi connectivity index (χ0) is 11.2. The van der Waals surface area contributed by atoms with E-state index in [1.54, 1.807) is 0 Å². The SMILES string of the molecule is CC(CNCc1ccc[nH]1)N1CCCCC1. The molecule has 1 saturated heterocycles. The Kier molecular flexibility index (Phi) is 4.43. The molecule has 1 aliphatic heterocycles. The molecule has 1 aliphatic rings. The van der Waals surface area contributed by atoms with Gasteiger partial charge in [-0.3, -0.25) is 4.90 Å². The molecule has 0 aromatic carbocycles. The van der Waals surface area contributed by atoms with Crippen molar-refractivity contribution in [2.24, 2.45) is 0 Å². The molecule has 0 aliphatic carbocycles. The third-order valence-corrected chi connectivity index (χ3v) is 3.43. The van der Waals surface area contributed by atoms with Gasteiger partial charge in [0.2, 0.25) is 0 Å². The Hall–Kier alpha value is -0.800. The summed E-state index contributed by atoms with van der Waals surface area (Å²) in [4.78, 5) is 5.82. The molecule has 90 valence electrons. The highest BCUT2D eigenvalue weighted by Crippen LogP contribution is 2.11. The summed E-state index contributed by atoms with van der Waals surface area (Å²) in [7, 11) is 0. The summed E-state index contributed by atoms with van der Waals surface area (Å²) in [6, 6.07) is 4.83. The van der Waals surface area contributed by atoms with Gasteiger partial charge < -0.3 is 10.3 Å². The molecule has 0 amide bonds. The van der Waals surface area contributed by atoms with Crippen molar-refractivity contribution in [1.82, 2.24) is 15.2 Å². The van der Waals surface area contributed by atoms with Gasteiger partial charge in [-0.05, 0) is 45.0 Å². The van der Waals surface area contributed by atoms with E-state index < -0.39 is 0 Å². The molecule has 0 radical (unpaired) electrons. The second-order valence-electron chi connectivity index (χ2n) is 4.77. The molecule has 0 bridgehead atoms. The molecule has 3 nitrogen and oxygen atoms in total. The van der Waals surface area contributed by atoms with Crippen LogP contribution >= 0.6 is 0 Å². The highest BCUT2D eigenvalue weighted by atomic mass is 15.2. The number of aromatic amines is 1. The molecule has 2 N–H and O–H groups in total. The van der Waals surface area contributed by atoms with Crippen molar-refractivity contribution in [1.29, 1.82) is 0 Å². The Morgan fingerprint density at radius 1 is 1.38 bits per heavy atom. The quantitative estimate of drug-likeness (QED) is 0.796. The van der Waals surface area contributed by atoms with Gasteiger partial charge in [0.05, 0.1) is 0 Å². The van der Waals surface area contributed by atoms with Crippen LogP contribution in [0.15, 0.2) is 18.3 Å². The molecule has 1 atom stereocenters. The van der Waals surface area contributed by atoms with Crippen molar-refractivity contribution in [2.75, 3.05) is 19.6 Å². The van der Waals surface area contributed by atoms with Gasteiger partial charge >= 0.3 is 0 Å². The number of nitrogens with zero attached hydrogens (tertiary/aromatic N) is 1. The van der Waals surface area contributed by atoms with Gasteiger partial charge in [0, 0.05) is 31.0 Å². The highest BCUT2D eigenvalue weighted by Gasteiger charge is 2.15. The molecule has 1 aromatic heterocycles. The Morgan fingerprint density at radius 3 is 2.88 bits per heavy atom. The molecule has 1 unspecified atom stereocenters. The van der Waals surface area contributed by atoms with Crippen LogP contribution in [0.25, 0.3) is 0 Å². The number of nitrogens with one attached hydrogen (secondary N) is 2. The largest absolute Gasteiger partial charge is 0.364 e. The lowest BCUT2D eigenvalue weighted by Crippen LogP contribution is -2.42. The van der Waals surface area contributed by atoms with Crippen molar-refractivity contribution in [2.45, 2.75) is 38.8 Å². The molecule has 16 heavy (non-hydrogen) atoms. The van der Waals surface area contributed by atoms with Gasteiger partial charge in [-0.2, -0.15) is 0 Å². The highest BCUT2D eigenvalue weighted by molar-refractivity contribution is 5.02. The van der Waals surface area contributed by atoms with E-state index in [4.69, 9.17) is 0 Å². The lowest BCUT2D eigenvalue weighted by atomic mass is 10.1. The molecule has 1 fully saturated rings. The number of hydrogen-bond acceptors (Lipinski definition) is 2. The summed E-state index contributed by atoms with van der Waals surface area (Å²) in [6.07, 6.45) is 6.14. The minimum atomic E-state index is 0.662. The minimum absolute atomic E-state index is 0.662. The standard InChI is InChI=1S/C13H23N3/c1-12(16-8-3-2-4-9-16)10-14-11-13-6-5-7-15-13/h5-7,12,14-15H,2-4,8-11H2,1H3. The molecule has 3 heteroatoms. The summed E-state index contributed by atoms with van der Waals surface area (Å²) in [5, 5.41) is 3.51. The first kappa shape index (κ1) is 11.7. The van der Waals surface area contributed by atoms with Crippen molar-refractivity contribution < 1.29 is 0 Å². The maximum Gasteiger partial charge on any atom is 0.0357 e. The normalized spacial score (nSPS) is 19.8. The molecule has 2 rings (SSSR count). The molecule has 2 heterocycles. The van der Waals surface area contributed by atoms with Crippen LogP contribution in [0.3, 0.4) is 0 Å². The van der Waals surface area contributed by atoms with Gasteiger partial charge in [-0.1, -0.05) is 6.42 Å². The monoisotopic (exact) mass is 221 g/mol. The van der Waals surface area contributed by atoms with Crippen LogP contribution in [0.4, 0.5) is 0 Å². The number of likely N-dealkylation sites (tertiary alicyclic amines) is 1. The molecule has 0 spiro atoms. The lowest BCUT2D eigenvalue weighted by Gasteiger charge is -2.32. The van der Waals surface area contributed by atoms with Gasteiger partial charge in [0.25, 0.3) is 0 Å². The Labute approximate surface area is 98.2 Å². The van der Waals surface area contributed by atoms with Crippen LogP contribution in [0, 0.1) is 0 Å². The van der Waals surface area contributed by atoms with Crippen LogP contribution in [-0.4, -0.2) is 35.6 Å². The summed E-state index contributed by atoms with van der Waals surface area (Å²) >= 11 is 0. The Morgan fingerprint density at radius 2 is 2.19 bits per heavy atom. The number of hydrogen-bond donors (Lipinski definition) is 2. The minimum Gasteiger partial charge on any atom is -0.364 e. The number of piperidine rings is 1. The Balaban J connectivity index is 1.65. The second-order valence-corrected chi connectivity index (χ2v) is 4.77. The van der Waals surface area contributed by atoms with Crippen molar-refractivity contribution in [3.05, 3.63) is 24.0 Å².